The number of benzene rings is 5. The Morgan fingerprint density at radius 3 is 0.875 bits per heavy atom. The van der Waals surface area contributed by atoms with Crippen LogP contribution in [0.4, 0.5) is 0 Å². The lowest BCUT2D eigenvalue weighted by Crippen LogP contribution is -2.17. The number of hydrogen-bond donors (Lipinski definition) is 0. The van der Waals surface area contributed by atoms with Gasteiger partial charge in [-0.3, -0.25) is 19.2 Å². The van der Waals surface area contributed by atoms with E-state index in [1.807, 2.05) is 24.3 Å². The molecule has 2 aliphatic rings. The summed E-state index contributed by atoms with van der Waals surface area (Å²) in [4.78, 5) is 50.2. The maximum atomic E-state index is 12.6. The van der Waals surface area contributed by atoms with Gasteiger partial charge in [0.15, 0.2) is 23.1 Å². The predicted molar refractivity (Wildman–Crippen MR) is 128 cm³/mol. The summed E-state index contributed by atoms with van der Waals surface area (Å²) in [6.07, 6.45) is -0.187. The molecule has 0 aliphatic heterocycles. The molecule has 0 N–H and O–H groups in total. The summed E-state index contributed by atoms with van der Waals surface area (Å²) in [7, 11) is 0. The molecule has 0 bridgehead atoms. The first kappa shape index (κ1) is 20.0. The zero-order valence-corrected chi connectivity index (χ0v) is 15.7. The molecule has 0 unspecified atom stereocenters. The van der Waals surface area contributed by atoms with E-state index in [4.69, 9.17) is 0 Å². The molecule has 32 heavy (non-hydrogen) atoms. The first-order valence-corrected chi connectivity index (χ1v) is 9.87. The quantitative estimate of drug-likeness (QED) is 0.162. The minimum Gasteiger partial charge on any atom is -0.294 e. The Kier molecular flexibility index (Phi) is 3.94. The highest BCUT2D eigenvalue weighted by molar-refractivity contribution is 6.41. The minimum atomic E-state index is -0.150. The molecule has 0 spiro atoms. The molecule has 5 aromatic carbocycles. The molecule has 2 aliphatic carbocycles. The first-order valence-electron chi connectivity index (χ1n) is 9.87. The van der Waals surface area contributed by atoms with Gasteiger partial charge in [0.25, 0.3) is 0 Å². The average Bonchev–Trinajstić information content (AvgIpc) is 2.74. The fourth-order valence-electron chi connectivity index (χ4n) is 5.49. The topological polar surface area (TPSA) is 68.3 Å². The van der Waals surface area contributed by atoms with E-state index >= 15 is 0 Å². The highest BCUT2D eigenvalue weighted by Crippen LogP contribution is 2.45. The smallest absolute Gasteiger partial charge is 0.171 e. The largest absolute Gasteiger partial charge is 0.294 e. The zero-order valence-electron chi connectivity index (χ0n) is 15.7. The normalized spacial score (nSPS) is 15.0. The van der Waals surface area contributed by atoms with Gasteiger partial charge < -0.3 is 0 Å². The predicted octanol–water partition coefficient (Wildman–Crippen LogP) is 6.55. The number of carbonyl (C=O) groups is 4. The van der Waals surface area contributed by atoms with Crippen LogP contribution >= 0.6 is 0 Å². The number of Topliss-reactive ketones (excluding diaryl/α,β-unsaturated/α-hetero) is 4. The number of ketones is 4. The summed E-state index contributed by atoms with van der Waals surface area (Å²) in [6.45, 7) is 0. The third-order valence-corrected chi connectivity index (χ3v) is 6.75. The second-order valence-electron chi connectivity index (χ2n) is 8.19. The van der Waals surface area contributed by atoms with E-state index in [1.54, 1.807) is 24.3 Å². The Morgan fingerprint density at radius 1 is 0.375 bits per heavy atom. The maximum Gasteiger partial charge on any atom is 0.171 e. The summed E-state index contributed by atoms with van der Waals surface area (Å²) in [6, 6.07) is 14.9. The van der Waals surface area contributed by atoms with Crippen LogP contribution in [0.2, 0.25) is 0 Å². The van der Waals surface area contributed by atoms with Crippen molar-refractivity contribution in [2.45, 2.75) is 27.7 Å². The zero-order chi connectivity index (χ0) is 20.3. The van der Waals surface area contributed by atoms with Crippen molar-refractivity contribution >= 4 is 66.2 Å². The molecule has 5 aromatic rings. The van der Waals surface area contributed by atoms with Crippen molar-refractivity contribution in [2.24, 2.45) is 0 Å². The lowest BCUT2D eigenvalue weighted by atomic mass is 9.79. The van der Waals surface area contributed by atoms with Crippen molar-refractivity contribution in [1.82, 2.24) is 0 Å². The van der Waals surface area contributed by atoms with Crippen LogP contribution < -0.4 is 0 Å². The standard InChI is InChI=1S/C26H12O4.2CH4/c27-19-9-20(28)16-7-3-13-14-4-8-18-22(30)10-21(29)17-6-2-12(24(14)26(17)18)11-1-5-15(19)25(16)23(11)13;;/h1-8H,9-10H2;2*1H4. The van der Waals surface area contributed by atoms with Crippen LogP contribution in [0.3, 0.4) is 0 Å². The van der Waals surface area contributed by atoms with Gasteiger partial charge in [-0.2, -0.15) is 0 Å². The molecule has 0 aromatic heterocycles. The number of carbonyl (C=O) groups excluding carboxylic acids is 4. The molecule has 0 saturated carbocycles. The molecule has 0 radical (unpaired) electrons. The number of rotatable bonds is 0. The average molecular weight is 420 g/mol. The highest BCUT2D eigenvalue weighted by Gasteiger charge is 2.30. The van der Waals surface area contributed by atoms with E-state index in [0.717, 1.165) is 43.1 Å². The molecular formula is C28H20O4. The van der Waals surface area contributed by atoms with Crippen molar-refractivity contribution in [2.75, 3.05) is 0 Å². The Bertz CT molecular complexity index is 1460. The molecule has 156 valence electrons. The van der Waals surface area contributed by atoms with Crippen molar-refractivity contribution in [3.05, 3.63) is 70.8 Å². The molecule has 0 saturated heterocycles. The Morgan fingerprint density at radius 2 is 0.625 bits per heavy atom. The number of fused-ring (bicyclic) bond motifs is 2. The minimum absolute atomic E-state index is 0. The van der Waals surface area contributed by atoms with Gasteiger partial charge in [-0.1, -0.05) is 63.4 Å². The van der Waals surface area contributed by atoms with Crippen molar-refractivity contribution in [1.29, 1.82) is 0 Å². The maximum absolute atomic E-state index is 12.6. The molecule has 0 heterocycles. The van der Waals surface area contributed by atoms with Gasteiger partial charge in [-0.15, -0.1) is 0 Å². The third kappa shape index (κ3) is 2.11. The lowest BCUT2D eigenvalue weighted by Gasteiger charge is -2.23. The molecule has 0 atom stereocenters. The number of hydrogen-bond acceptors (Lipinski definition) is 4. The molecule has 4 heteroatoms. The van der Waals surface area contributed by atoms with E-state index in [9.17, 15) is 19.2 Å². The van der Waals surface area contributed by atoms with Crippen LogP contribution in [0, 0.1) is 0 Å². The summed E-state index contributed by atoms with van der Waals surface area (Å²) < 4.78 is 0. The van der Waals surface area contributed by atoms with Crippen LogP contribution in [-0.2, 0) is 0 Å². The van der Waals surface area contributed by atoms with Crippen LogP contribution in [0.25, 0.3) is 43.1 Å². The summed E-state index contributed by atoms with van der Waals surface area (Å²) in [5, 5.41) is 6.94. The molecule has 0 amide bonds. The van der Waals surface area contributed by atoms with Crippen LogP contribution in [-0.4, -0.2) is 23.1 Å². The monoisotopic (exact) mass is 420 g/mol. The summed E-state index contributed by atoms with van der Waals surface area (Å²) >= 11 is 0. The Hall–Kier alpha value is -3.92. The van der Waals surface area contributed by atoms with Crippen LogP contribution in [0.5, 0.6) is 0 Å². The Balaban J connectivity index is 0.00000108. The van der Waals surface area contributed by atoms with Gasteiger partial charge in [0.2, 0.25) is 0 Å². The van der Waals surface area contributed by atoms with Crippen LogP contribution in [0.1, 0.15) is 69.1 Å². The van der Waals surface area contributed by atoms with Crippen molar-refractivity contribution in [3.8, 4) is 0 Å². The second kappa shape index (κ2) is 6.30. The van der Waals surface area contributed by atoms with Gasteiger partial charge in [-0.25, -0.2) is 0 Å². The molecular weight excluding hydrogens is 400 g/mol. The third-order valence-electron chi connectivity index (χ3n) is 6.75. The van der Waals surface area contributed by atoms with E-state index in [2.05, 4.69) is 0 Å². The SMILES string of the molecule is C.C.O=C1CC(=O)c2ccc3c4ccc5c6c(ccc(c7ccc1c2c73)c64)C(=O)CC5=O. The summed E-state index contributed by atoms with van der Waals surface area (Å²) in [5.74, 6) is -0.598. The van der Waals surface area contributed by atoms with Gasteiger partial charge in [0, 0.05) is 33.0 Å². The molecule has 4 nitrogen and oxygen atoms in total. The van der Waals surface area contributed by atoms with E-state index in [0.29, 0.717) is 22.3 Å². The van der Waals surface area contributed by atoms with Crippen LogP contribution in [0.15, 0.2) is 48.5 Å². The fourth-order valence-corrected chi connectivity index (χ4v) is 5.49. The summed E-state index contributed by atoms with van der Waals surface area (Å²) in [5.41, 5.74) is 2.35. The van der Waals surface area contributed by atoms with E-state index in [-0.39, 0.29) is 50.8 Å². The second-order valence-corrected chi connectivity index (χ2v) is 8.19. The first-order chi connectivity index (χ1) is 14.5. The Labute approximate surface area is 184 Å². The molecule has 7 rings (SSSR count). The highest BCUT2D eigenvalue weighted by atomic mass is 16.2. The van der Waals surface area contributed by atoms with Gasteiger partial charge in [0.1, 0.15) is 0 Å². The van der Waals surface area contributed by atoms with Gasteiger partial charge >= 0.3 is 0 Å². The van der Waals surface area contributed by atoms with Crippen molar-refractivity contribution in [3.63, 3.8) is 0 Å². The van der Waals surface area contributed by atoms with E-state index in [1.165, 1.54) is 0 Å². The van der Waals surface area contributed by atoms with Gasteiger partial charge in [0.05, 0.1) is 12.8 Å². The molecule has 0 fully saturated rings. The lowest BCUT2D eigenvalue weighted by molar-refractivity contribution is 0.0874. The fraction of sp³-hybridized carbons (Fsp3) is 0.143. The van der Waals surface area contributed by atoms with Gasteiger partial charge in [-0.05, 0) is 32.3 Å². The van der Waals surface area contributed by atoms with E-state index < -0.39 is 0 Å². The van der Waals surface area contributed by atoms with Crippen molar-refractivity contribution < 1.29 is 19.2 Å².